The van der Waals surface area contributed by atoms with Crippen molar-refractivity contribution in [2.45, 2.75) is 12.3 Å². The number of amides is 1. The normalized spacial score (nSPS) is 20.5. The van der Waals surface area contributed by atoms with Crippen LogP contribution in [0.4, 0.5) is 14.7 Å². The molecule has 0 bridgehead atoms. The fraction of sp³-hybridized carbons (Fsp3) is 0.250. The lowest BCUT2D eigenvalue weighted by atomic mass is 10.1. The summed E-state index contributed by atoms with van der Waals surface area (Å²) in [5.41, 5.74) is 4.93. The standard InChI is InChI=1S/C12H11F2N5O/c13-8-2-1-3-9(14)10(8)6-4-7(6)11(20)17-19-12-15-5-16-18-12/h1-3,5-7H,4H2,(H,17,20)(H2,15,16,18,19)/t6-,7+/m1/s1. The number of benzene rings is 1. The molecule has 0 radical (unpaired) electrons. The van der Waals surface area contributed by atoms with Crippen LogP contribution in [-0.2, 0) is 4.79 Å². The number of hydrogen-bond acceptors (Lipinski definition) is 4. The molecule has 1 saturated carbocycles. The molecule has 1 fully saturated rings. The molecule has 1 aliphatic rings. The molecule has 20 heavy (non-hydrogen) atoms. The molecule has 6 nitrogen and oxygen atoms in total. The number of rotatable bonds is 4. The third-order valence-corrected chi connectivity index (χ3v) is 3.22. The number of aromatic amines is 1. The third-order valence-electron chi connectivity index (χ3n) is 3.22. The van der Waals surface area contributed by atoms with E-state index in [9.17, 15) is 13.6 Å². The van der Waals surface area contributed by atoms with Crippen LogP contribution >= 0.6 is 0 Å². The molecule has 3 N–H and O–H groups in total. The van der Waals surface area contributed by atoms with Gasteiger partial charge in [-0.2, -0.15) is 10.1 Å². The summed E-state index contributed by atoms with van der Waals surface area (Å²) in [6, 6.07) is 3.69. The third kappa shape index (κ3) is 2.31. The Bertz CT molecular complexity index is 611. The van der Waals surface area contributed by atoms with Gasteiger partial charge in [-0.25, -0.2) is 13.9 Å². The van der Waals surface area contributed by atoms with Gasteiger partial charge in [0.25, 0.3) is 0 Å². The lowest BCUT2D eigenvalue weighted by Crippen LogP contribution is -2.31. The molecule has 104 valence electrons. The van der Waals surface area contributed by atoms with Crippen LogP contribution < -0.4 is 10.9 Å². The van der Waals surface area contributed by atoms with Crippen molar-refractivity contribution in [2.75, 3.05) is 5.43 Å². The molecule has 1 aliphatic carbocycles. The van der Waals surface area contributed by atoms with Gasteiger partial charge in [-0.05, 0) is 18.6 Å². The van der Waals surface area contributed by atoms with E-state index in [4.69, 9.17) is 0 Å². The Morgan fingerprint density at radius 2 is 2.10 bits per heavy atom. The van der Waals surface area contributed by atoms with Crippen molar-refractivity contribution in [1.29, 1.82) is 0 Å². The van der Waals surface area contributed by atoms with Crippen LogP contribution in [0.5, 0.6) is 0 Å². The van der Waals surface area contributed by atoms with Gasteiger partial charge in [-0.15, -0.1) is 0 Å². The van der Waals surface area contributed by atoms with Crippen LogP contribution in [0.2, 0.25) is 0 Å². The number of aromatic nitrogens is 3. The Morgan fingerprint density at radius 1 is 1.35 bits per heavy atom. The predicted octanol–water partition coefficient (Wildman–Crippen LogP) is 1.33. The highest BCUT2D eigenvalue weighted by Crippen LogP contribution is 2.49. The molecule has 1 amide bonds. The van der Waals surface area contributed by atoms with Crippen LogP contribution in [0.3, 0.4) is 0 Å². The van der Waals surface area contributed by atoms with E-state index in [0.717, 1.165) is 0 Å². The minimum atomic E-state index is -0.617. The first-order valence-electron chi connectivity index (χ1n) is 6.02. The molecule has 1 aromatic carbocycles. The van der Waals surface area contributed by atoms with Crippen LogP contribution in [0, 0.1) is 17.6 Å². The van der Waals surface area contributed by atoms with Crippen molar-refractivity contribution in [3.8, 4) is 0 Å². The Balaban J connectivity index is 1.62. The number of nitrogens with zero attached hydrogens (tertiary/aromatic N) is 2. The largest absolute Gasteiger partial charge is 0.273 e. The molecule has 0 unspecified atom stereocenters. The smallest absolute Gasteiger partial charge is 0.242 e. The van der Waals surface area contributed by atoms with E-state index in [1.54, 1.807) is 0 Å². The number of H-pyrrole nitrogens is 1. The first kappa shape index (κ1) is 12.5. The van der Waals surface area contributed by atoms with Gasteiger partial charge in [0.1, 0.15) is 18.0 Å². The van der Waals surface area contributed by atoms with Gasteiger partial charge in [0.2, 0.25) is 11.9 Å². The average Bonchev–Trinajstić information content (AvgIpc) is 3.02. The number of anilines is 1. The van der Waals surface area contributed by atoms with E-state index in [0.29, 0.717) is 6.42 Å². The quantitative estimate of drug-likeness (QED) is 0.737. The number of carbonyl (C=O) groups is 1. The van der Waals surface area contributed by atoms with Gasteiger partial charge in [-0.3, -0.25) is 15.6 Å². The number of carbonyl (C=O) groups excluding carboxylic acids is 1. The fourth-order valence-electron chi connectivity index (χ4n) is 2.15. The highest BCUT2D eigenvalue weighted by Gasteiger charge is 2.46. The van der Waals surface area contributed by atoms with Gasteiger partial charge >= 0.3 is 0 Å². The van der Waals surface area contributed by atoms with Crippen molar-refractivity contribution in [1.82, 2.24) is 20.6 Å². The molecular weight excluding hydrogens is 268 g/mol. The van der Waals surface area contributed by atoms with Gasteiger partial charge < -0.3 is 0 Å². The summed E-state index contributed by atoms with van der Waals surface area (Å²) in [4.78, 5) is 15.6. The topological polar surface area (TPSA) is 82.7 Å². The second-order valence-corrected chi connectivity index (χ2v) is 4.53. The molecule has 1 aromatic heterocycles. The van der Waals surface area contributed by atoms with Gasteiger partial charge in [0.15, 0.2) is 0 Å². The molecule has 8 heteroatoms. The maximum Gasteiger partial charge on any atom is 0.242 e. The van der Waals surface area contributed by atoms with Crippen molar-refractivity contribution >= 4 is 11.9 Å². The minimum Gasteiger partial charge on any atom is -0.273 e. The lowest BCUT2D eigenvalue weighted by Gasteiger charge is -2.06. The summed E-state index contributed by atoms with van der Waals surface area (Å²) in [5.74, 6) is -2.16. The molecule has 1 heterocycles. The van der Waals surface area contributed by atoms with Crippen LogP contribution in [0.25, 0.3) is 0 Å². The summed E-state index contributed by atoms with van der Waals surface area (Å²) in [7, 11) is 0. The van der Waals surface area contributed by atoms with Crippen molar-refractivity contribution in [3.05, 3.63) is 41.7 Å². The summed E-state index contributed by atoms with van der Waals surface area (Å²) in [6.07, 6.45) is 1.70. The lowest BCUT2D eigenvalue weighted by molar-refractivity contribution is -0.121. The first-order valence-corrected chi connectivity index (χ1v) is 6.02. The van der Waals surface area contributed by atoms with E-state index in [1.807, 2.05) is 0 Å². The van der Waals surface area contributed by atoms with E-state index in [2.05, 4.69) is 26.0 Å². The zero-order valence-corrected chi connectivity index (χ0v) is 10.2. The molecule has 3 rings (SSSR count). The predicted molar refractivity (Wildman–Crippen MR) is 65.4 cm³/mol. The Hall–Kier alpha value is -2.51. The summed E-state index contributed by atoms with van der Waals surface area (Å²) < 4.78 is 27.2. The van der Waals surface area contributed by atoms with Gasteiger partial charge in [0.05, 0.1) is 0 Å². The maximum absolute atomic E-state index is 13.6. The molecule has 0 saturated heterocycles. The van der Waals surface area contributed by atoms with E-state index < -0.39 is 23.5 Å². The van der Waals surface area contributed by atoms with E-state index in [1.165, 1.54) is 24.5 Å². The number of hydrazine groups is 1. The monoisotopic (exact) mass is 279 g/mol. The first-order chi connectivity index (χ1) is 9.66. The molecule has 2 aromatic rings. The highest BCUT2D eigenvalue weighted by molar-refractivity contribution is 5.83. The van der Waals surface area contributed by atoms with Crippen LogP contribution in [0.1, 0.15) is 17.9 Å². The summed E-state index contributed by atoms with van der Waals surface area (Å²) >= 11 is 0. The zero-order valence-electron chi connectivity index (χ0n) is 10.2. The maximum atomic E-state index is 13.6. The highest BCUT2D eigenvalue weighted by atomic mass is 19.1. The van der Waals surface area contributed by atoms with Gasteiger partial charge in [-0.1, -0.05) is 6.07 Å². The van der Waals surface area contributed by atoms with Crippen molar-refractivity contribution in [2.24, 2.45) is 5.92 Å². The van der Waals surface area contributed by atoms with Crippen LogP contribution in [0.15, 0.2) is 24.5 Å². The SMILES string of the molecule is O=C(NNc1ncn[nH]1)[C@H]1C[C@H]1c1c(F)cccc1F. The Kier molecular flexibility index (Phi) is 3.05. The molecule has 2 atom stereocenters. The number of nitrogens with one attached hydrogen (secondary N) is 3. The number of hydrogen-bond donors (Lipinski definition) is 3. The van der Waals surface area contributed by atoms with Crippen molar-refractivity contribution < 1.29 is 13.6 Å². The number of halogens is 2. The average molecular weight is 279 g/mol. The van der Waals surface area contributed by atoms with Crippen LogP contribution in [-0.4, -0.2) is 21.1 Å². The van der Waals surface area contributed by atoms with Gasteiger partial charge in [0, 0.05) is 17.4 Å². The summed E-state index contributed by atoms with van der Waals surface area (Å²) in [5, 5.41) is 6.10. The fourth-order valence-corrected chi connectivity index (χ4v) is 2.15. The minimum absolute atomic E-state index is 0.0210. The van der Waals surface area contributed by atoms with E-state index in [-0.39, 0.29) is 17.4 Å². The second-order valence-electron chi connectivity index (χ2n) is 4.53. The Labute approximate surface area is 112 Å². The Morgan fingerprint density at radius 3 is 2.75 bits per heavy atom. The van der Waals surface area contributed by atoms with Crippen molar-refractivity contribution in [3.63, 3.8) is 0 Å². The molecular formula is C12H11F2N5O. The van der Waals surface area contributed by atoms with E-state index >= 15 is 0 Å². The second kappa shape index (κ2) is 4.87. The molecule has 0 spiro atoms. The summed E-state index contributed by atoms with van der Waals surface area (Å²) in [6.45, 7) is 0. The zero-order chi connectivity index (χ0) is 14.1. The molecule has 0 aliphatic heterocycles.